The van der Waals surface area contributed by atoms with E-state index in [1.54, 1.807) is 0 Å². The molecule has 2 saturated heterocycles. The van der Waals surface area contributed by atoms with E-state index < -0.39 is 0 Å². The molecule has 0 atom stereocenters. The van der Waals surface area contributed by atoms with Gasteiger partial charge in [0.15, 0.2) is 5.65 Å². The molecule has 0 radical (unpaired) electrons. The van der Waals surface area contributed by atoms with Gasteiger partial charge in [-0.1, -0.05) is 0 Å². The maximum absolute atomic E-state index is 12.4. The molecule has 7 heteroatoms. The number of hydrogen-bond donors (Lipinski definition) is 2. The summed E-state index contributed by atoms with van der Waals surface area (Å²) in [6.45, 7) is 2.77. The predicted molar refractivity (Wildman–Crippen MR) is 84.8 cm³/mol. The zero-order chi connectivity index (χ0) is 15.8. The van der Waals surface area contributed by atoms with Gasteiger partial charge in [0.1, 0.15) is 0 Å². The van der Waals surface area contributed by atoms with Crippen molar-refractivity contribution in [1.82, 2.24) is 19.6 Å². The van der Waals surface area contributed by atoms with Crippen molar-refractivity contribution in [3.8, 4) is 0 Å². The highest BCUT2D eigenvalue weighted by Gasteiger charge is 2.24. The van der Waals surface area contributed by atoms with Gasteiger partial charge in [-0.2, -0.15) is 5.06 Å². The van der Waals surface area contributed by atoms with Crippen molar-refractivity contribution >= 4 is 11.2 Å². The Bertz CT molecular complexity index is 739. The summed E-state index contributed by atoms with van der Waals surface area (Å²) in [6, 6.07) is 2.23. The number of H-pyrrole nitrogens is 1. The van der Waals surface area contributed by atoms with Crippen LogP contribution in [0.5, 0.6) is 0 Å². The smallest absolute Gasteiger partial charge is 0.327 e. The van der Waals surface area contributed by atoms with Crippen molar-refractivity contribution in [3.63, 3.8) is 0 Å². The summed E-state index contributed by atoms with van der Waals surface area (Å²) < 4.78 is 7.26. The Morgan fingerprint density at radius 3 is 2.70 bits per heavy atom. The lowest BCUT2D eigenvalue weighted by molar-refractivity contribution is -0.110. The number of hydroxylamine groups is 2. The zero-order valence-electron chi connectivity index (χ0n) is 13.1. The summed E-state index contributed by atoms with van der Waals surface area (Å²) in [5, 5.41) is 10.9. The predicted octanol–water partition coefficient (Wildman–Crippen LogP) is 1.64. The molecule has 0 aromatic carbocycles. The van der Waals surface area contributed by atoms with Crippen LogP contribution in [0.25, 0.3) is 11.2 Å². The lowest BCUT2D eigenvalue weighted by Crippen LogP contribution is -2.35. The van der Waals surface area contributed by atoms with E-state index in [4.69, 9.17) is 4.74 Å². The Balaban J connectivity index is 1.71. The molecule has 2 aliphatic rings. The van der Waals surface area contributed by atoms with E-state index in [2.05, 4.69) is 16.0 Å². The maximum atomic E-state index is 12.4. The van der Waals surface area contributed by atoms with Gasteiger partial charge < -0.3 is 9.94 Å². The van der Waals surface area contributed by atoms with Crippen LogP contribution >= 0.6 is 0 Å². The first-order chi connectivity index (χ1) is 11.2. The second-order valence-corrected chi connectivity index (χ2v) is 6.51. The molecule has 4 rings (SSSR count). The largest absolute Gasteiger partial charge is 0.381 e. The SMILES string of the molecule is O=c1[nH]c2ncc(C3CCOCC3)cc2n1C1CCN(O)CC1. The first-order valence-electron chi connectivity index (χ1n) is 8.34. The van der Waals surface area contributed by atoms with Crippen LogP contribution in [0.3, 0.4) is 0 Å². The van der Waals surface area contributed by atoms with Crippen LogP contribution in [0, 0.1) is 0 Å². The van der Waals surface area contributed by atoms with Gasteiger partial charge in [0, 0.05) is 38.5 Å². The molecule has 0 bridgehead atoms. The molecule has 7 nitrogen and oxygen atoms in total. The van der Waals surface area contributed by atoms with E-state index in [9.17, 15) is 10.0 Å². The normalized spacial score (nSPS) is 22.0. The quantitative estimate of drug-likeness (QED) is 0.879. The molecule has 0 saturated carbocycles. The van der Waals surface area contributed by atoms with Crippen molar-refractivity contribution in [3.05, 3.63) is 28.3 Å². The summed E-state index contributed by atoms with van der Waals surface area (Å²) >= 11 is 0. The molecule has 23 heavy (non-hydrogen) atoms. The van der Waals surface area contributed by atoms with Gasteiger partial charge in [0.25, 0.3) is 0 Å². The van der Waals surface area contributed by atoms with Gasteiger partial charge in [-0.05, 0) is 43.2 Å². The highest BCUT2D eigenvalue weighted by atomic mass is 16.5. The Kier molecular flexibility index (Phi) is 3.92. The molecule has 124 valence electrons. The van der Waals surface area contributed by atoms with E-state index in [1.165, 1.54) is 10.6 Å². The number of aromatic amines is 1. The first-order valence-corrected chi connectivity index (χ1v) is 8.34. The standard InChI is InChI=1S/C16H22N4O3/c21-16-18-15-14(20(16)13-1-5-19(22)6-2-13)9-12(10-17-15)11-3-7-23-8-4-11/h9-11,13,22H,1-8H2,(H,17,18,21). The number of nitrogens with zero attached hydrogens (tertiary/aromatic N) is 3. The Morgan fingerprint density at radius 1 is 1.22 bits per heavy atom. The van der Waals surface area contributed by atoms with Crippen molar-refractivity contribution in [2.24, 2.45) is 0 Å². The van der Waals surface area contributed by atoms with Crippen LogP contribution < -0.4 is 5.69 Å². The lowest BCUT2D eigenvalue weighted by Gasteiger charge is -2.28. The molecule has 2 aromatic rings. The van der Waals surface area contributed by atoms with Crippen molar-refractivity contribution in [2.45, 2.75) is 37.6 Å². The number of aromatic nitrogens is 3. The summed E-state index contributed by atoms with van der Waals surface area (Å²) in [7, 11) is 0. The number of hydrogen-bond acceptors (Lipinski definition) is 5. The van der Waals surface area contributed by atoms with E-state index in [0.29, 0.717) is 24.7 Å². The second kappa shape index (κ2) is 6.07. The van der Waals surface area contributed by atoms with Crippen LogP contribution in [0.2, 0.25) is 0 Å². The van der Waals surface area contributed by atoms with E-state index in [-0.39, 0.29) is 11.7 Å². The number of fused-ring (bicyclic) bond motifs is 1. The molecule has 4 heterocycles. The molecule has 0 spiro atoms. The van der Waals surface area contributed by atoms with Gasteiger partial charge in [-0.15, -0.1) is 0 Å². The highest BCUT2D eigenvalue weighted by Crippen LogP contribution is 2.29. The van der Waals surface area contributed by atoms with Crippen molar-refractivity contribution in [2.75, 3.05) is 26.3 Å². The van der Waals surface area contributed by atoms with Crippen molar-refractivity contribution in [1.29, 1.82) is 0 Å². The van der Waals surface area contributed by atoms with Gasteiger partial charge in [0.2, 0.25) is 0 Å². The topological polar surface area (TPSA) is 83.4 Å². The molecule has 2 aromatic heterocycles. The average molecular weight is 318 g/mol. The fraction of sp³-hybridized carbons (Fsp3) is 0.625. The minimum absolute atomic E-state index is 0.104. The maximum Gasteiger partial charge on any atom is 0.327 e. The third-order valence-electron chi connectivity index (χ3n) is 5.09. The molecule has 2 fully saturated rings. The minimum atomic E-state index is -0.104. The molecule has 0 aliphatic carbocycles. The Morgan fingerprint density at radius 2 is 1.96 bits per heavy atom. The van der Waals surface area contributed by atoms with E-state index >= 15 is 0 Å². The number of piperidine rings is 1. The third kappa shape index (κ3) is 2.80. The average Bonchev–Trinajstić information content (AvgIpc) is 2.91. The van der Waals surface area contributed by atoms with Crippen LogP contribution in [0.15, 0.2) is 17.1 Å². The monoisotopic (exact) mass is 318 g/mol. The van der Waals surface area contributed by atoms with Crippen molar-refractivity contribution < 1.29 is 9.94 Å². The minimum Gasteiger partial charge on any atom is -0.381 e. The fourth-order valence-corrected chi connectivity index (χ4v) is 3.75. The first kappa shape index (κ1) is 14.9. The van der Waals surface area contributed by atoms with Crippen LogP contribution in [0.1, 0.15) is 43.2 Å². The second-order valence-electron chi connectivity index (χ2n) is 6.51. The summed E-state index contributed by atoms with van der Waals surface area (Å²) in [6.07, 6.45) is 5.43. The summed E-state index contributed by atoms with van der Waals surface area (Å²) in [5.41, 5.74) is 2.62. The number of ether oxygens (including phenoxy) is 1. The molecule has 0 amide bonds. The number of imidazole rings is 1. The number of rotatable bonds is 2. The van der Waals surface area contributed by atoms with Gasteiger partial charge in [0.05, 0.1) is 5.52 Å². The molecule has 0 unspecified atom stereocenters. The highest BCUT2D eigenvalue weighted by molar-refractivity contribution is 5.71. The van der Waals surface area contributed by atoms with E-state index in [0.717, 1.165) is 44.4 Å². The van der Waals surface area contributed by atoms with Gasteiger partial charge in [-0.3, -0.25) is 9.55 Å². The molecule has 2 N–H and O–H groups in total. The zero-order valence-corrected chi connectivity index (χ0v) is 13.1. The lowest BCUT2D eigenvalue weighted by atomic mass is 9.93. The molecular weight excluding hydrogens is 296 g/mol. The molecular formula is C16H22N4O3. The van der Waals surface area contributed by atoms with Crippen LogP contribution in [-0.4, -0.2) is 51.1 Å². The number of nitrogens with one attached hydrogen (secondary N) is 1. The number of pyridine rings is 1. The Hall–Kier alpha value is -1.70. The van der Waals surface area contributed by atoms with Crippen LogP contribution in [-0.2, 0) is 4.74 Å². The Labute approximate surface area is 133 Å². The fourth-order valence-electron chi connectivity index (χ4n) is 3.75. The van der Waals surface area contributed by atoms with E-state index in [1.807, 2.05) is 10.8 Å². The summed E-state index contributed by atoms with van der Waals surface area (Å²) in [5.74, 6) is 0.457. The molecule has 2 aliphatic heterocycles. The van der Waals surface area contributed by atoms with Gasteiger partial charge >= 0.3 is 5.69 Å². The summed E-state index contributed by atoms with van der Waals surface area (Å²) in [4.78, 5) is 19.7. The third-order valence-corrected chi connectivity index (χ3v) is 5.09. The van der Waals surface area contributed by atoms with Gasteiger partial charge in [-0.25, -0.2) is 9.78 Å². The van der Waals surface area contributed by atoms with Crippen LogP contribution in [0.4, 0.5) is 0 Å².